The summed E-state index contributed by atoms with van der Waals surface area (Å²) in [5, 5.41) is 0.592. The van der Waals surface area contributed by atoms with E-state index in [0.717, 1.165) is 22.6 Å². The first-order chi connectivity index (χ1) is 8.84. The van der Waals surface area contributed by atoms with Crippen molar-refractivity contribution >= 4 is 12.6 Å². The first-order valence-electron chi connectivity index (χ1n) is 5.60. The van der Waals surface area contributed by atoms with E-state index in [0.29, 0.717) is 5.16 Å². The maximum absolute atomic E-state index is 4.40. The summed E-state index contributed by atoms with van der Waals surface area (Å²) in [6.07, 6.45) is 1.76. The molecule has 0 amide bonds. The molecule has 1 N–H and O–H groups in total. The Morgan fingerprint density at radius 2 is 1.72 bits per heavy atom. The number of aromatic amines is 1. The van der Waals surface area contributed by atoms with E-state index in [1.54, 1.807) is 6.20 Å². The monoisotopic (exact) mass is 253 g/mol. The van der Waals surface area contributed by atoms with Crippen molar-refractivity contribution in [2.24, 2.45) is 0 Å². The Hall–Kier alpha value is -2.07. The standard InChI is InChI=1S/C14H11N3S/c18-14-16-12(10-6-2-1-3-7-10)13(17-14)11-8-4-5-9-15-11/h1-9H,(H2,16,17,18). The number of benzene rings is 1. The van der Waals surface area contributed by atoms with Gasteiger partial charge in [0.05, 0.1) is 11.4 Å². The third-order valence-electron chi connectivity index (χ3n) is 2.66. The molecule has 3 rings (SSSR count). The van der Waals surface area contributed by atoms with Crippen LogP contribution in [0.2, 0.25) is 0 Å². The van der Waals surface area contributed by atoms with Crippen LogP contribution < -0.4 is 0 Å². The van der Waals surface area contributed by atoms with Gasteiger partial charge in [0.25, 0.3) is 0 Å². The van der Waals surface area contributed by atoms with Crippen molar-refractivity contribution in [3.63, 3.8) is 0 Å². The molecular formula is C14H11N3S. The molecule has 0 aliphatic heterocycles. The molecule has 88 valence electrons. The van der Waals surface area contributed by atoms with Crippen molar-refractivity contribution < 1.29 is 0 Å². The van der Waals surface area contributed by atoms with Gasteiger partial charge in [-0.05, 0) is 12.1 Å². The van der Waals surface area contributed by atoms with Crippen LogP contribution in [0.4, 0.5) is 0 Å². The van der Waals surface area contributed by atoms with E-state index >= 15 is 0 Å². The second-order valence-electron chi connectivity index (χ2n) is 3.87. The summed E-state index contributed by atoms with van der Waals surface area (Å²) < 4.78 is 0. The van der Waals surface area contributed by atoms with E-state index in [9.17, 15) is 0 Å². The zero-order valence-corrected chi connectivity index (χ0v) is 10.4. The number of hydrogen-bond donors (Lipinski definition) is 2. The molecule has 1 aromatic carbocycles. The highest BCUT2D eigenvalue weighted by molar-refractivity contribution is 7.80. The van der Waals surface area contributed by atoms with Gasteiger partial charge in [0, 0.05) is 11.8 Å². The van der Waals surface area contributed by atoms with Crippen LogP contribution in [0.25, 0.3) is 22.6 Å². The summed E-state index contributed by atoms with van der Waals surface area (Å²) in [5.74, 6) is 0. The van der Waals surface area contributed by atoms with Crippen molar-refractivity contribution in [2.45, 2.75) is 5.16 Å². The average Bonchev–Trinajstić information content (AvgIpc) is 2.83. The molecule has 0 unspecified atom stereocenters. The molecule has 18 heavy (non-hydrogen) atoms. The van der Waals surface area contributed by atoms with Crippen molar-refractivity contribution in [3.8, 4) is 22.6 Å². The number of pyridine rings is 1. The molecule has 3 aromatic rings. The number of nitrogens with one attached hydrogen (secondary N) is 1. The molecule has 0 fully saturated rings. The SMILES string of the molecule is Sc1nc(-c2ccccn2)c(-c2ccccc2)[nH]1. The minimum absolute atomic E-state index is 0.592. The molecule has 0 saturated heterocycles. The molecule has 0 aliphatic carbocycles. The van der Waals surface area contributed by atoms with Gasteiger partial charge in [-0.15, -0.1) is 12.6 Å². The maximum Gasteiger partial charge on any atom is 0.163 e. The summed E-state index contributed by atoms with van der Waals surface area (Å²) in [5.41, 5.74) is 3.69. The fraction of sp³-hybridized carbons (Fsp3) is 0. The molecule has 0 atom stereocenters. The van der Waals surface area contributed by atoms with Crippen molar-refractivity contribution in [1.82, 2.24) is 15.0 Å². The summed E-state index contributed by atoms with van der Waals surface area (Å²) in [7, 11) is 0. The van der Waals surface area contributed by atoms with Gasteiger partial charge < -0.3 is 4.98 Å². The van der Waals surface area contributed by atoms with Crippen LogP contribution in [0.1, 0.15) is 0 Å². The van der Waals surface area contributed by atoms with Crippen molar-refractivity contribution in [1.29, 1.82) is 0 Å². The van der Waals surface area contributed by atoms with Crippen LogP contribution >= 0.6 is 12.6 Å². The number of hydrogen-bond acceptors (Lipinski definition) is 3. The van der Waals surface area contributed by atoms with E-state index in [4.69, 9.17) is 0 Å². The lowest BCUT2D eigenvalue weighted by atomic mass is 10.1. The Morgan fingerprint density at radius 1 is 0.944 bits per heavy atom. The lowest BCUT2D eigenvalue weighted by Crippen LogP contribution is -1.86. The zero-order valence-electron chi connectivity index (χ0n) is 9.54. The van der Waals surface area contributed by atoms with Crippen LogP contribution in [0.3, 0.4) is 0 Å². The zero-order chi connectivity index (χ0) is 12.4. The predicted molar refractivity (Wildman–Crippen MR) is 74.5 cm³/mol. The summed E-state index contributed by atoms with van der Waals surface area (Å²) in [6.45, 7) is 0. The van der Waals surface area contributed by atoms with Crippen LogP contribution in [0.15, 0.2) is 59.9 Å². The molecule has 0 saturated carbocycles. The van der Waals surface area contributed by atoms with Gasteiger partial charge in [-0.25, -0.2) is 4.98 Å². The molecule has 0 radical (unpaired) electrons. The smallest absolute Gasteiger partial charge is 0.163 e. The Balaban J connectivity index is 2.17. The number of imidazole rings is 1. The molecule has 3 nitrogen and oxygen atoms in total. The topological polar surface area (TPSA) is 41.6 Å². The molecule has 2 aromatic heterocycles. The molecule has 2 heterocycles. The highest BCUT2D eigenvalue weighted by Gasteiger charge is 2.12. The quantitative estimate of drug-likeness (QED) is 0.687. The van der Waals surface area contributed by atoms with Gasteiger partial charge in [-0.2, -0.15) is 0 Å². The Bertz CT molecular complexity index is 590. The van der Waals surface area contributed by atoms with Crippen LogP contribution in [-0.2, 0) is 0 Å². The summed E-state index contributed by atoms with van der Waals surface area (Å²) in [6, 6.07) is 15.8. The number of thiol groups is 1. The van der Waals surface area contributed by atoms with E-state index in [-0.39, 0.29) is 0 Å². The van der Waals surface area contributed by atoms with Gasteiger partial charge in [0.2, 0.25) is 0 Å². The predicted octanol–water partition coefficient (Wildman–Crippen LogP) is 3.43. The summed E-state index contributed by atoms with van der Waals surface area (Å²) in [4.78, 5) is 11.9. The van der Waals surface area contributed by atoms with E-state index < -0.39 is 0 Å². The second kappa shape index (κ2) is 4.66. The average molecular weight is 253 g/mol. The lowest BCUT2D eigenvalue weighted by molar-refractivity contribution is 1.07. The Morgan fingerprint density at radius 3 is 2.44 bits per heavy atom. The Kier molecular flexibility index (Phi) is 2.86. The lowest BCUT2D eigenvalue weighted by Gasteiger charge is -2.01. The molecular weight excluding hydrogens is 242 g/mol. The van der Waals surface area contributed by atoms with Gasteiger partial charge >= 0.3 is 0 Å². The largest absolute Gasteiger partial charge is 0.333 e. The molecule has 0 spiro atoms. The van der Waals surface area contributed by atoms with E-state index in [2.05, 4.69) is 27.6 Å². The first-order valence-corrected chi connectivity index (χ1v) is 6.05. The third kappa shape index (κ3) is 2.02. The Labute approximate surface area is 110 Å². The molecule has 0 aliphatic rings. The van der Waals surface area contributed by atoms with E-state index in [1.165, 1.54) is 0 Å². The van der Waals surface area contributed by atoms with Gasteiger partial charge in [-0.3, -0.25) is 4.98 Å². The first kappa shape index (κ1) is 11.0. The van der Waals surface area contributed by atoms with E-state index in [1.807, 2.05) is 48.5 Å². The van der Waals surface area contributed by atoms with Crippen LogP contribution in [0.5, 0.6) is 0 Å². The maximum atomic E-state index is 4.40. The number of H-pyrrole nitrogens is 1. The number of nitrogens with zero attached hydrogens (tertiary/aromatic N) is 2. The number of aromatic nitrogens is 3. The molecule has 4 heteroatoms. The highest BCUT2D eigenvalue weighted by atomic mass is 32.1. The van der Waals surface area contributed by atoms with Gasteiger partial charge in [-0.1, -0.05) is 36.4 Å². The van der Waals surface area contributed by atoms with Crippen LogP contribution in [-0.4, -0.2) is 15.0 Å². The highest BCUT2D eigenvalue weighted by Crippen LogP contribution is 2.29. The van der Waals surface area contributed by atoms with Crippen molar-refractivity contribution in [2.75, 3.05) is 0 Å². The fourth-order valence-corrected chi connectivity index (χ4v) is 2.07. The number of rotatable bonds is 2. The third-order valence-corrected chi connectivity index (χ3v) is 2.87. The van der Waals surface area contributed by atoms with Gasteiger partial charge in [0.15, 0.2) is 5.16 Å². The minimum atomic E-state index is 0.592. The fourth-order valence-electron chi connectivity index (χ4n) is 1.86. The minimum Gasteiger partial charge on any atom is -0.333 e. The van der Waals surface area contributed by atoms with Crippen molar-refractivity contribution in [3.05, 3.63) is 54.7 Å². The second-order valence-corrected chi connectivity index (χ2v) is 4.29. The van der Waals surface area contributed by atoms with Crippen LogP contribution in [0, 0.1) is 0 Å². The van der Waals surface area contributed by atoms with Gasteiger partial charge in [0.1, 0.15) is 5.69 Å². The molecule has 0 bridgehead atoms. The normalized spacial score (nSPS) is 10.5. The summed E-state index contributed by atoms with van der Waals surface area (Å²) >= 11 is 4.28.